The largest absolute Gasteiger partial charge is 0.444 e. The summed E-state index contributed by atoms with van der Waals surface area (Å²) >= 11 is 0. The highest BCUT2D eigenvalue weighted by Crippen LogP contribution is 2.29. The number of likely N-dealkylation sites (tertiary alicyclic amines) is 1. The van der Waals surface area contributed by atoms with Crippen molar-refractivity contribution in [3.8, 4) is 5.88 Å². The average molecular weight is 367 g/mol. The van der Waals surface area contributed by atoms with Gasteiger partial charge in [-0.25, -0.2) is 4.98 Å². The van der Waals surface area contributed by atoms with Gasteiger partial charge in [-0.15, -0.1) is 0 Å². The summed E-state index contributed by atoms with van der Waals surface area (Å²) < 4.78 is 5.76. The van der Waals surface area contributed by atoms with Crippen LogP contribution in [0.5, 0.6) is 5.88 Å². The monoisotopic (exact) mass is 367 g/mol. The van der Waals surface area contributed by atoms with Crippen LogP contribution in [0, 0.1) is 0 Å². The first-order chi connectivity index (χ1) is 13.1. The van der Waals surface area contributed by atoms with Crippen molar-refractivity contribution in [3.05, 3.63) is 59.5 Å². The van der Waals surface area contributed by atoms with Crippen LogP contribution in [0.1, 0.15) is 49.4 Å². The topological polar surface area (TPSA) is 54.5 Å². The second-order valence-corrected chi connectivity index (χ2v) is 7.26. The molecule has 2 aliphatic rings. The molecule has 0 atom stereocenters. The predicted octanol–water partition coefficient (Wildman–Crippen LogP) is 3.85. The molecule has 5 nitrogen and oxygen atoms in total. The number of ether oxygens (including phenoxy) is 1. The fraction of sp³-hybridized carbons (Fsp3) is 0.455. The van der Waals surface area contributed by atoms with E-state index in [1.165, 1.54) is 36.6 Å². The van der Waals surface area contributed by atoms with Crippen molar-refractivity contribution in [1.29, 1.82) is 0 Å². The van der Waals surface area contributed by atoms with Gasteiger partial charge in [0.15, 0.2) is 0 Å². The van der Waals surface area contributed by atoms with Gasteiger partial charge in [0.2, 0.25) is 5.88 Å². The lowest BCUT2D eigenvalue weighted by atomic mass is 9.91. The fourth-order valence-corrected chi connectivity index (χ4v) is 3.45. The van der Waals surface area contributed by atoms with Crippen LogP contribution in [0.15, 0.2) is 54.0 Å². The average Bonchev–Trinajstić information content (AvgIpc) is 2.81. The van der Waals surface area contributed by atoms with Crippen LogP contribution in [-0.2, 0) is 0 Å². The molecule has 0 radical (unpaired) electrons. The molecule has 1 amide bonds. The molecular weight excluding hydrogens is 338 g/mol. The Morgan fingerprint density at radius 2 is 2.11 bits per heavy atom. The number of nitrogens with one attached hydrogen (secondary N) is 1. The number of nitrogens with zero attached hydrogens (tertiary/aromatic N) is 2. The quantitative estimate of drug-likeness (QED) is 0.803. The Balaban J connectivity index is 1.59. The van der Waals surface area contributed by atoms with Crippen molar-refractivity contribution < 1.29 is 9.53 Å². The fourth-order valence-electron chi connectivity index (χ4n) is 3.45. The zero-order valence-electron chi connectivity index (χ0n) is 16.3. The lowest BCUT2D eigenvalue weighted by Gasteiger charge is -2.36. The van der Waals surface area contributed by atoms with Gasteiger partial charge in [0.1, 0.15) is 5.76 Å². The number of hydrogen-bond acceptors (Lipinski definition) is 4. The van der Waals surface area contributed by atoms with Gasteiger partial charge in [0.25, 0.3) is 5.91 Å². The predicted molar refractivity (Wildman–Crippen MR) is 108 cm³/mol. The number of amides is 1. The van der Waals surface area contributed by atoms with Crippen LogP contribution in [-0.4, -0.2) is 42.0 Å². The van der Waals surface area contributed by atoms with E-state index in [0.29, 0.717) is 11.4 Å². The van der Waals surface area contributed by atoms with E-state index in [1.807, 2.05) is 13.0 Å². The van der Waals surface area contributed by atoms with Gasteiger partial charge < -0.3 is 10.1 Å². The number of pyridine rings is 1. The first-order valence-corrected chi connectivity index (χ1v) is 9.72. The number of carbonyl (C=O) groups excluding carboxylic acids is 1. The minimum absolute atomic E-state index is 0.158. The third kappa shape index (κ3) is 5.07. The number of rotatable bonds is 5. The summed E-state index contributed by atoms with van der Waals surface area (Å²) in [4.78, 5) is 18.4. The van der Waals surface area contributed by atoms with Gasteiger partial charge in [-0.2, -0.15) is 0 Å². The molecule has 0 aromatic carbocycles. The van der Waals surface area contributed by atoms with E-state index in [4.69, 9.17) is 4.74 Å². The zero-order valence-corrected chi connectivity index (χ0v) is 16.3. The molecular formula is C22H29N3O2. The summed E-state index contributed by atoms with van der Waals surface area (Å²) in [5.74, 6) is 1.08. The van der Waals surface area contributed by atoms with E-state index in [1.54, 1.807) is 19.2 Å². The molecule has 0 unspecified atom stereocenters. The first-order valence-electron chi connectivity index (χ1n) is 9.72. The molecule has 0 spiro atoms. The van der Waals surface area contributed by atoms with Crippen LogP contribution >= 0.6 is 0 Å². The molecule has 5 heteroatoms. The zero-order chi connectivity index (χ0) is 19.2. The van der Waals surface area contributed by atoms with E-state index in [-0.39, 0.29) is 5.91 Å². The third-order valence-electron chi connectivity index (χ3n) is 5.42. The maximum atomic E-state index is 11.5. The molecule has 1 aromatic rings. The molecule has 1 saturated heterocycles. The molecule has 1 N–H and O–H groups in total. The van der Waals surface area contributed by atoms with Crippen LogP contribution < -0.4 is 10.1 Å². The van der Waals surface area contributed by atoms with E-state index < -0.39 is 0 Å². The summed E-state index contributed by atoms with van der Waals surface area (Å²) in [6.45, 7) is 8.43. The maximum Gasteiger partial charge on any atom is 0.252 e. The standard InChI is InChI=1S/C22H29N3O2/c1-16-11-13-25(20-5-4-6-20)14-12-18(16)8-7-17(2)27-21-10-9-19(15-24-21)22(26)23-3/h7-10,15,20H,1,4-6,11-14H2,2-3H3,(H,23,26)/b17-7+,18-8-. The van der Waals surface area contributed by atoms with Gasteiger partial charge in [-0.05, 0) is 50.3 Å². The molecule has 144 valence electrons. The normalized spacial score (nSPS) is 20.9. The number of hydrogen-bond donors (Lipinski definition) is 1. The van der Waals surface area contributed by atoms with Crippen molar-refractivity contribution >= 4 is 5.91 Å². The van der Waals surface area contributed by atoms with Crippen LogP contribution in [0.3, 0.4) is 0 Å². The molecule has 2 fully saturated rings. The molecule has 3 rings (SSSR count). The van der Waals surface area contributed by atoms with E-state index in [2.05, 4.69) is 27.9 Å². The Morgan fingerprint density at radius 1 is 1.33 bits per heavy atom. The van der Waals surface area contributed by atoms with Crippen LogP contribution in [0.25, 0.3) is 0 Å². The third-order valence-corrected chi connectivity index (χ3v) is 5.42. The van der Waals surface area contributed by atoms with Gasteiger partial charge in [0.05, 0.1) is 5.56 Å². The van der Waals surface area contributed by atoms with Crippen LogP contribution in [0.2, 0.25) is 0 Å². The van der Waals surface area contributed by atoms with Crippen molar-refractivity contribution in [2.45, 2.75) is 45.1 Å². The van der Waals surface area contributed by atoms with Crippen molar-refractivity contribution in [2.24, 2.45) is 0 Å². The summed E-state index contributed by atoms with van der Waals surface area (Å²) in [5.41, 5.74) is 3.05. The number of carbonyl (C=O) groups is 1. The Morgan fingerprint density at radius 3 is 2.74 bits per heavy atom. The Hall–Kier alpha value is -2.40. The molecule has 2 heterocycles. The Kier molecular flexibility index (Phi) is 6.45. The minimum Gasteiger partial charge on any atom is -0.444 e. The molecule has 27 heavy (non-hydrogen) atoms. The molecule has 0 bridgehead atoms. The smallest absolute Gasteiger partial charge is 0.252 e. The summed E-state index contributed by atoms with van der Waals surface area (Å²) in [7, 11) is 1.60. The molecule has 1 aromatic heterocycles. The van der Waals surface area contributed by atoms with E-state index in [0.717, 1.165) is 37.7 Å². The minimum atomic E-state index is -0.158. The highest BCUT2D eigenvalue weighted by molar-refractivity contribution is 5.93. The van der Waals surface area contributed by atoms with Gasteiger partial charge >= 0.3 is 0 Å². The van der Waals surface area contributed by atoms with E-state index >= 15 is 0 Å². The first kappa shape index (κ1) is 19.4. The van der Waals surface area contributed by atoms with Crippen molar-refractivity contribution in [2.75, 3.05) is 20.1 Å². The van der Waals surface area contributed by atoms with Crippen molar-refractivity contribution in [3.63, 3.8) is 0 Å². The Labute approximate surface area is 161 Å². The molecule has 1 aliphatic carbocycles. The lowest BCUT2D eigenvalue weighted by molar-refractivity contribution is 0.0962. The number of aromatic nitrogens is 1. The maximum absolute atomic E-state index is 11.5. The number of allylic oxidation sites excluding steroid dienone is 3. The SMILES string of the molecule is C=C1CCN(C2CCC2)CC/C1=C/C=C(\C)Oc1ccc(C(=O)NC)cn1. The summed E-state index contributed by atoms with van der Waals surface area (Å²) in [6, 6.07) is 4.20. The van der Waals surface area contributed by atoms with Gasteiger partial charge in [0, 0.05) is 38.4 Å². The highest BCUT2D eigenvalue weighted by atomic mass is 16.5. The highest BCUT2D eigenvalue weighted by Gasteiger charge is 2.26. The second kappa shape index (κ2) is 9.00. The summed E-state index contributed by atoms with van der Waals surface area (Å²) in [6.07, 6.45) is 11.8. The van der Waals surface area contributed by atoms with Crippen LogP contribution in [0.4, 0.5) is 0 Å². The second-order valence-electron chi connectivity index (χ2n) is 7.26. The lowest BCUT2D eigenvalue weighted by Crippen LogP contribution is -2.40. The molecule has 1 saturated carbocycles. The summed E-state index contributed by atoms with van der Waals surface area (Å²) in [5, 5.41) is 2.57. The van der Waals surface area contributed by atoms with Gasteiger partial charge in [-0.3, -0.25) is 9.69 Å². The molecule has 1 aliphatic heterocycles. The van der Waals surface area contributed by atoms with Gasteiger partial charge in [-0.1, -0.05) is 24.6 Å². The van der Waals surface area contributed by atoms with E-state index in [9.17, 15) is 4.79 Å². The van der Waals surface area contributed by atoms with Crippen molar-refractivity contribution in [1.82, 2.24) is 15.2 Å². The Bertz CT molecular complexity index is 745.